The average molecular weight is 279 g/mol. The molecule has 0 aliphatic heterocycles. The number of rotatable bonds is 7. The largest absolute Gasteiger partial charge is 0.478 e. The number of hydrogen-bond donors (Lipinski definition) is 1. The number of carboxylic acid groups (broad SMARTS) is 1. The summed E-state index contributed by atoms with van der Waals surface area (Å²) in [7, 11) is 0. The van der Waals surface area contributed by atoms with E-state index in [-0.39, 0.29) is 5.97 Å². The first-order valence-electron chi connectivity index (χ1n) is 6.66. The number of carbonyl (C=O) groups is 2. The summed E-state index contributed by atoms with van der Waals surface area (Å²) in [5.41, 5.74) is 0.653. The second kappa shape index (κ2) is 7.53. The highest BCUT2D eigenvalue weighted by molar-refractivity contribution is 5.85. The molecule has 1 heterocycles. The van der Waals surface area contributed by atoms with Gasteiger partial charge >= 0.3 is 11.9 Å². The lowest BCUT2D eigenvalue weighted by Gasteiger charge is -2.15. The zero-order valence-corrected chi connectivity index (χ0v) is 12.1. The van der Waals surface area contributed by atoms with Crippen LogP contribution in [0.1, 0.15) is 38.9 Å². The van der Waals surface area contributed by atoms with E-state index >= 15 is 0 Å². The Balaban J connectivity index is 2.67. The van der Waals surface area contributed by atoms with Gasteiger partial charge in [-0.2, -0.15) is 0 Å². The molecule has 0 aliphatic carbocycles. The Kier molecular flexibility index (Phi) is 6.03. The zero-order chi connectivity index (χ0) is 15.1. The first kappa shape index (κ1) is 16.0. The SMILES string of the molecule is CC(C)CCOC(=O)C(C)n1cccc1/C=C/C(=O)O. The molecule has 1 aromatic rings. The van der Waals surface area contributed by atoms with Crippen molar-refractivity contribution in [1.29, 1.82) is 0 Å². The lowest BCUT2D eigenvalue weighted by atomic mass is 10.1. The van der Waals surface area contributed by atoms with Crippen LogP contribution in [0.15, 0.2) is 24.4 Å². The van der Waals surface area contributed by atoms with Crippen molar-refractivity contribution in [2.24, 2.45) is 5.92 Å². The van der Waals surface area contributed by atoms with Crippen LogP contribution in [0.4, 0.5) is 0 Å². The fourth-order valence-electron chi connectivity index (χ4n) is 1.69. The Labute approximate surface area is 118 Å². The molecular weight excluding hydrogens is 258 g/mol. The van der Waals surface area contributed by atoms with E-state index in [0.717, 1.165) is 12.5 Å². The third-order valence-electron chi connectivity index (χ3n) is 2.91. The van der Waals surface area contributed by atoms with Gasteiger partial charge in [0.1, 0.15) is 6.04 Å². The summed E-state index contributed by atoms with van der Waals surface area (Å²) in [6.45, 7) is 6.27. The third-order valence-corrected chi connectivity index (χ3v) is 2.91. The minimum absolute atomic E-state index is 0.313. The van der Waals surface area contributed by atoms with Gasteiger partial charge in [0, 0.05) is 18.0 Å². The van der Waals surface area contributed by atoms with Crippen LogP contribution in [0.25, 0.3) is 6.08 Å². The number of esters is 1. The lowest BCUT2D eigenvalue weighted by Crippen LogP contribution is -2.20. The van der Waals surface area contributed by atoms with Crippen LogP contribution in [0.3, 0.4) is 0 Å². The Hall–Kier alpha value is -2.04. The molecule has 1 unspecified atom stereocenters. The van der Waals surface area contributed by atoms with Crippen LogP contribution >= 0.6 is 0 Å². The number of aromatic nitrogens is 1. The van der Waals surface area contributed by atoms with E-state index in [1.807, 2.05) is 0 Å². The highest BCUT2D eigenvalue weighted by Crippen LogP contribution is 2.15. The molecule has 0 saturated heterocycles. The monoisotopic (exact) mass is 279 g/mol. The predicted molar refractivity (Wildman–Crippen MR) is 76.2 cm³/mol. The summed E-state index contributed by atoms with van der Waals surface area (Å²) in [6.07, 6.45) is 5.06. The molecule has 0 saturated carbocycles. The van der Waals surface area contributed by atoms with Crippen molar-refractivity contribution in [2.45, 2.75) is 33.2 Å². The minimum Gasteiger partial charge on any atom is -0.478 e. The van der Waals surface area contributed by atoms with E-state index in [0.29, 0.717) is 18.2 Å². The van der Waals surface area contributed by atoms with Crippen LogP contribution < -0.4 is 0 Å². The van der Waals surface area contributed by atoms with E-state index in [1.165, 1.54) is 6.08 Å². The Bertz CT molecular complexity index is 488. The van der Waals surface area contributed by atoms with Gasteiger partial charge in [0.05, 0.1) is 6.61 Å². The lowest BCUT2D eigenvalue weighted by molar-refractivity contribution is -0.147. The van der Waals surface area contributed by atoms with Gasteiger partial charge < -0.3 is 14.4 Å². The molecule has 0 aromatic carbocycles. The molecule has 1 N–H and O–H groups in total. The van der Waals surface area contributed by atoms with Gasteiger partial charge in [-0.3, -0.25) is 0 Å². The number of hydrogen-bond acceptors (Lipinski definition) is 3. The van der Waals surface area contributed by atoms with Gasteiger partial charge in [0.15, 0.2) is 0 Å². The van der Waals surface area contributed by atoms with Gasteiger partial charge in [-0.05, 0) is 37.5 Å². The van der Waals surface area contributed by atoms with Gasteiger partial charge in [0.2, 0.25) is 0 Å². The molecule has 0 bridgehead atoms. The second-order valence-corrected chi connectivity index (χ2v) is 5.04. The highest BCUT2D eigenvalue weighted by atomic mass is 16.5. The molecular formula is C15H21NO4. The summed E-state index contributed by atoms with van der Waals surface area (Å²) in [6, 6.07) is 3.03. The van der Waals surface area contributed by atoms with Crippen molar-refractivity contribution in [3.8, 4) is 0 Å². The molecule has 0 radical (unpaired) electrons. The number of ether oxygens (including phenoxy) is 1. The molecule has 0 fully saturated rings. The van der Waals surface area contributed by atoms with E-state index < -0.39 is 12.0 Å². The quantitative estimate of drug-likeness (QED) is 0.615. The highest BCUT2D eigenvalue weighted by Gasteiger charge is 2.17. The molecule has 5 nitrogen and oxygen atoms in total. The van der Waals surface area contributed by atoms with Crippen LogP contribution in [0.5, 0.6) is 0 Å². The third kappa shape index (κ3) is 4.91. The minimum atomic E-state index is -1.02. The molecule has 1 rings (SSSR count). The number of carbonyl (C=O) groups excluding carboxylic acids is 1. The van der Waals surface area contributed by atoms with Crippen molar-refractivity contribution in [1.82, 2.24) is 4.57 Å². The van der Waals surface area contributed by atoms with Crippen molar-refractivity contribution in [2.75, 3.05) is 6.61 Å². The van der Waals surface area contributed by atoms with E-state index in [1.54, 1.807) is 29.8 Å². The summed E-state index contributed by atoms with van der Waals surface area (Å²) in [5.74, 6) is -0.851. The van der Waals surface area contributed by atoms with Gasteiger partial charge in [-0.25, -0.2) is 9.59 Å². The fourth-order valence-corrected chi connectivity index (χ4v) is 1.69. The van der Waals surface area contributed by atoms with Gasteiger partial charge in [-0.1, -0.05) is 13.8 Å². The Morgan fingerprint density at radius 1 is 1.40 bits per heavy atom. The number of nitrogens with zero attached hydrogens (tertiary/aromatic N) is 1. The molecule has 0 amide bonds. The standard InChI is InChI=1S/C15H21NO4/c1-11(2)8-10-20-15(19)12(3)16-9-4-5-13(16)6-7-14(17)18/h4-7,9,11-12H,8,10H2,1-3H3,(H,17,18)/b7-6+. The molecule has 1 aromatic heterocycles. The normalized spacial score (nSPS) is 12.8. The summed E-state index contributed by atoms with van der Waals surface area (Å²) in [4.78, 5) is 22.5. The fraction of sp³-hybridized carbons (Fsp3) is 0.467. The maximum atomic E-state index is 11.9. The Morgan fingerprint density at radius 3 is 2.70 bits per heavy atom. The van der Waals surface area contributed by atoms with Crippen LogP contribution in [-0.2, 0) is 14.3 Å². The van der Waals surface area contributed by atoms with Crippen molar-refractivity contribution in [3.63, 3.8) is 0 Å². The summed E-state index contributed by atoms with van der Waals surface area (Å²) < 4.78 is 6.91. The molecule has 0 aliphatic rings. The first-order chi connectivity index (χ1) is 9.41. The molecule has 110 valence electrons. The molecule has 1 atom stereocenters. The molecule has 20 heavy (non-hydrogen) atoms. The van der Waals surface area contributed by atoms with Gasteiger partial charge in [-0.15, -0.1) is 0 Å². The van der Waals surface area contributed by atoms with Crippen LogP contribution in [0.2, 0.25) is 0 Å². The van der Waals surface area contributed by atoms with Crippen molar-refractivity contribution >= 4 is 18.0 Å². The van der Waals surface area contributed by atoms with Crippen molar-refractivity contribution < 1.29 is 19.4 Å². The van der Waals surface area contributed by atoms with Crippen LogP contribution in [-0.4, -0.2) is 28.2 Å². The van der Waals surface area contributed by atoms with E-state index in [4.69, 9.17) is 9.84 Å². The van der Waals surface area contributed by atoms with Crippen LogP contribution in [0, 0.1) is 5.92 Å². The molecule has 0 spiro atoms. The van der Waals surface area contributed by atoms with E-state index in [2.05, 4.69) is 13.8 Å². The number of aliphatic carboxylic acids is 1. The zero-order valence-electron chi connectivity index (χ0n) is 12.1. The predicted octanol–water partition coefficient (Wildman–Crippen LogP) is 2.74. The topological polar surface area (TPSA) is 68.5 Å². The van der Waals surface area contributed by atoms with E-state index in [9.17, 15) is 9.59 Å². The maximum absolute atomic E-state index is 11.9. The molecule has 5 heteroatoms. The maximum Gasteiger partial charge on any atom is 0.328 e. The summed E-state index contributed by atoms with van der Waals surface area (Å²) in [5, 5.41) is 8.63. The first-order valence-corrected chi connectivity index (χ1v) is 6.66. The van der Waals surface area contributed by atoms with Gasteiger partial charge in [0.25, 0.3) is 0 Å². The second-order valence-electron chi connectivity index (χ2n) is 5.04. The Morgan fingerprint density at radius 2 is 2.10 bits per heavy atom. The average Bonchev–Trinajstić information content (AvgIpc) is 2.83. The number of carboxylic acids is 1. The smallest absolute Gasteiger partial charge is 0.328 e. The summed E-state index contributed by atoms with van der Waals surface area (Å²) >= 11 is 0. The van der Waals surface area contributed by atoms with Crippen molar-refractivity contribution in [3.05, 3.63) is 30.1 Å².